The van der Waals surface area contributed by atoms with Gasteiger partial charge in [0.15, 0.2) is 5.82 Å². The van der Waals surface area contributed by atoms with Gasteiger partial charge in [0.25, 0.3) is 0 Å². The first-order valence-corrected chi connectivity index (χ1v) is 14.0. The minimum Gasteiger partial charge on any atom is -0.335 e. The molecule has 0 amide bonds. The molecular formula is C28H23FN6O2S. The molecule has 6 rings (SSSR count). The van der Waals surface area contributed by atoms with E-state index in [1.54, 1.807) is 24.7 Å². The third-order valence-corrected chi connectivity index (χ3v) is 7.51. The number of halogens is 1. The van der Waals surface area contributed by atoms with Crippen LogP contribution in [-0.2, 0) is 16.3 Å². The van der Waals surface area contributed by atoms with Crippen molar-refractivity contribution >= 4 is 31.8 Å². The normalized spacial score (nSPS) is 12.0. The summed E-state index contributed by atoms with van der Waals surface area (Å²) in [6.07, 6.45) is 8.30. The Hall–Kier alpha value is -4.44. The molecule has 6 aromatic rings. The van der Waals surface area contributed by atoms with Gasteiger partial charge < -0.3 is 4.98 Å². The lowest BCUT2D eigenvalue weighted by molar-refractivity contribution is 0.600. The number of hydrogen-bond acceptors (Lipinski definition) is 6. The molecule has 190 valence electrons. The SMILES string of the molecule is Cc1ccncc1-c1ccc2[nH]nc(-c3nc4c(-c5cc(F)cc(CCS(C)(=O)=O)c5)cncc4[nH]3)c2c1. The number of sulfone groups is 1. The van der Waals surface area contributed by atoms with Crippen molar-refractivity contribution in [2.45, 2.75) is 13.3 Å². The number of hydrogen-bond donors (Lipinski definition) is 2. The molecule has 0 saturated carbocycles. The highest BCUT2D eigenvalue weighted by Gasteiger charge is 2.17. The highest BCUT2D eigenvalue weighted by molar-refractivity contribution is 7.90. The van der Waals surface area contributed by atoms with Gasteiger partial charge in [0.1, 0.15) is 21.3 Å². The minimum atomic E-state index is -3.18. The lowest BCUT2D eigenvalue weighted by atomic mass is 10.0. The maximum atomic E-state index is 14.5. The van der Waals surface area contributed by atoms with Crippen molar-refractivity contribution in [3.63, 3.8) is 0 Å². The summed E-state index contributed by atoms with van der Waals surface area (Å²) in [5.74, 6) is 0.0436. The number of pyridine rings is 2. The lowest BCUT2D eigenvalue weighted by Gasteiger charge is -2.07. The Morgan fingerprint density at radius 2 is 1.76 bits per heavy atom. The highest BCUT2D eigenvalue weighted by Crippen LogP contribution is 2.33. The molecule has 0 unspecified atom stereocenters. The molecule has 0 spiro atoms. The average molecular weight is 527 g/mol. The first-order chi connectivity index (χ1) is 18.2. The van der Waals surface area contributed by atoms with Gasteiger partial charge in [0, 0.05) is 41.4 Å². The van der Waals surface area contributed by atoms with Crippen molar-refractivity contribution in [1.82, 2.24) is 30.1 Å². The summed E-state index contributed by atoms with van der Waals surface area (Å²) in [5.41, 5.74) is 7.79. The van der Waals surface area contributed by atoms with Crippen LogP contribution in [0.25, 0.3) is 55.7 Å². The first kappa shape index (κ1) is 23.9. The summed E-state index contributed by atoms with van der Waals surface area (Å²) in [6.45, 7) is 2.05. The van der Waals surface area contributed by atoms with E-state index in [1.165, 1.54) is 18.4 Å². The van der Waals surface area contributed by atoms with Crippen molar-refractivity contribution < 1.29 is 12.8 Å². The molecule has 4 aromatic heterocycles. The van der Waals surface area contributed by atoms with Gasteiger partial charge in [-0.15, -0.1) is 0 Å². The van der Waals surface area contributed by atoms with E-state index in [-0.39, 0.29) is 12.2 Å². The Balaban J connectivity index is 1.44. The standard InChI is InChI=1S/C28H23FN6O2S/c1-16-5-7-30-13-22(16)18-3-4-24-21(12-18)27(35-34-24)28-32-25-15-31-14-23(26(25)33-28)19-9-17(10-20(29)11-19)6-8-38(2,36)37/h3-5,7,9-15H,6,8H2,1-2H3,(H,32,33)(H,34,35). The van der Waals surface area contributed by atoms with Gasteiger partial charge in [-0.1, -0.05) is 12.1 Å². The molecule has 0 bridgehead atoms. The van der Waals surface area contributed by atoms with Gasteiger partial charge in [-0.05, 0) is 65.9 Å². The fraction of sp³-hybridized carbons (Fsp3) is 0.143. The summed E-state index contributed by atoms with van der Waals surface area (Å²) in [5, 5.41) is 8.49. The third kappa shape index (κ3) is 4.54. The zero-order chi connectivity index (χ0) is 26.4. The first-order valence-electron chi connectivity index (χ1n) is 12.0. The van der Waals surface area contributed by atoms with E-state index in [4.69, 9.17) is 4.98 Å². The Morgan fingerprint density at radius 1 is 0.921 bits per heavy atom. The summed E-state index contributed by atoms with van der Waals surface area (Å²) in [7, 11) is -3.18. The van der Waals surface area contributed by atoms with Gasteiger partial charge in [0.05, 0.1) is 28.5 Å². The molecule has 0 aliphatic carbocycles. The molecule has 10 heteroatoms. The van der Waals surface area contributed by atoms with Crippen LogP contribution >= 0.6 is 0 Å². The van der Waals surface area contributed by atoms with Crippen LogP contribution in [0.15, 0.2) is 67.3 Å². The molecular weight excluding hydrogens is 503 g/mol. The van der Waals surface area contributed by atoms with Crippen LogP contribution in [0.3, 0.4) is 0 Å². The molecule has 2 N–H and O–H groups in total. The van der Waals surface area contributed by atoms with E-state index in [0.29, 0.717) is 39.2 Å². The summed E-state index contributed by atoms with van der Waals surface area (Å²) in [4.78, 5) is 16.7. The van der Waals surface area contributed by atoms with E-state index >= 15 is 0 Å². The molecule has 0 fully saturated rings. The minimum absolute atomic E-state index is 0.0579. The van der Waals surface area contributed by atoms with Crippen molar-refractivity contribution in [3.8, 4) is 33.8 Å². The molecule has 2 aromatic carbocycles. The number of H-pyrrole nitrogens is 2. The van der Waals surface area contributed by atoms with Gasteiger partial charge in [0.2, 0.25) is 0 Å². The molecule has 4 heterocycles. The van der Waals surface area contributed by atoms with Crippen molar-refractivity contribution in [3.05, 3.63) is 84.2 Å². The monoisotopic (exact) mass is 526 g/mol. The van der Waals surface area contributed by atoms with Gasteiger partial charge >= 0.3 is 0 Å². The van der Waals surface area contributed by atoms with Crippen molar-refractivity contribution in [2.24, 2.45) is 0 Å². The van der Waals surface area contributed by atoms with Crippen LogP contribution < -0.4 is 0 Å². The summed E-state index contributed by atoms with van der Waals surface area (Å²) >= 11 is 0. The van der Waals surface area contributed by atoms with Gasteiger partial charge in [-0.2, -0.15) is 5.10 Å². The fourth-order valence-corrected chi connectivity index (χ4v) is 5.24. The maximum Gasteiger partial charge on any atom is 0.159 e. The van der Waals surface area contributed by atoms with Crippen LogP contribution in [0.5, 0.6) is 0 Å². The number of benzene rings is 2. The Bertz CT molecular complexity index is 1940. The number of rotatable bonds is 6. The lowest BCUT2D eigenvalue weighted by Crippen LogP contribution is -2.06. The number of aromatic nitrogens is 6. The Morgan fingerprint density at radius 3 is 2.58 bits per heavy atom. The number of aryl methyl sites for hydroxylation is 2. The zero-order valence-corrected chi connectivity index (χ0v) is 21.5. The Labute approximate surface area is 217 Å². The van der Waals surface area contributed by atoms with Crippen molar-refractivity contribution in [1.29, 1.82) is 0 Å². The molecule has 0 aliphatic heterocycles. The number of aromatic amines is 2. The second-order valence-corrected chi connectivity index (χ2v) is 11.7. The predicted molar refractivity (Wildman–Crippen MR) is 146 cm³/mol. The van der Waals surface area contributed by atoms with Crippen molar-refractivity contribution in [2.75, 3.05) is 12.0 Å². The molecule has 0 saturated heterocycles. The van der Waals surface area contributed by atoms with Crippen LogP contribution in [-0.4, -0.2) is 50.6 Å². The smallest absolute Gasteiger partial charge is 0.159 e. The van der Waals surface area contributed by atoms with Crippen LogP contribution in [0, 0.1) is 12.7 Å². The van der Waals surface area contributed by atoms with E-state index < -0.39 is 15.7 Å². The molecule has 0 aliphatic rings. The summed E-state index contributed by atoms with van der Waals surface area (Å²) < 4.78 is 37.8. The van der Waals surface area contributed by atoms with E-state index in [2.05, 4.69) is 31.2 Å². The molecule has 8 nitrogen and oxygen atoms in total. The van der Waals surface area contributed by atoms with Gasteiger partial charge in [-0.3, -0.25) is 15.1 Å². The largest absolute Gasteiger partial charge is 0.335 e. The third-order valence-electron chi connectivity index (χ3n) is 6.56. The molecule has 0 atom stereocenters. The Kier molecular flexibility index (Phi) is 5.76. The molecule has 0 radical (unpaired) electrons. The predicted octanol–water partition coefficient (Wildman–Crippen LogP) is 5.26. The van der Waals surface area contributed by atoms with Gasteiger partial charge in [-0.25, -0.2) is 17.8 Å². The maximum absolute atomic E-state index is 14.5. The van der Waals surface area contributed by atoms with E-state index in [9.17, 15) is 12.8 Å². The number of imidazole rings is 1. The van der Waals surface area contributed by atoms with Crippen LogP contribution in [0.2, 0.25) is 0 Å². The summed E-state index contributed by atoms with van der Waals surface area (Å²) in [6, 6.07) is 12.6. The topological polar surface area (TPSA) is 117 Å². The molecule has 38 heavy (non-hydrogen) atoms. The highest BCUT2D eigenvalue weighted by atomic mass is 32.2. The second-order valence-electron chi connectivity index (χ2n) is 9.42. The number of fused-ring (bicyclic) bond motifs is 2. The fourth-order valence-electron chi connectivity index (χ4n) is 4.64. The quantitative estimate of drug-likeness (QED) is 0.306. The van der Waals surface area contributed by atoms with E-state index in [1.807, 2.05) is 31.3 Å². The number of nitrogens with zero attached hydrogens (tertiary/aromatic N) is 4. The average Bonchev–Trinajstić information content (AvgIpc) is 3.50. The zero-order valence-electron chi connectivity index (χ0n) is 20.7. The second kappa shape index (κ2) is 9.14. The van der Waals surface area contributed by atoms with E-state index in [0.717, 1.165) is 27.6 Å². The van der Waals surface area contributed by atoms with Crippen LogP contribution in [0.4, 0.5) is 4.39 Å². The number of nitrogens with one attached hydrogen (secondary N) is 2. The van der Waals surface area contributed by atoms with Crippen LogP contribution in [0.1, 0.15) is 11.1 Å².